The fraction of sp³-hybridized carbons (Fsp3) is 0.471. The van der Waals surface area contributed by atoms with Gasteiger partial charge in [-0.15, -0.1) is 12.4 Å². The fourth-order valence-corrected chi connectivity index (χ4v) is 3.06. The third-order valence-electron chi connectivity index (χ3n) is 4.49. The molecular formula is C17H23ClN4O2. The van der Waals surface area contributed by atoms with E-state index in [0.717, 1.165) is 25.9 Å². The summed E-state index contributed by atoms with van der Waals surface area (Å²) in [6, 6.07) is 7.56. The van der Waals surface area contributed by atoms with Crippen molar-refractivity contribution in [2.24, 2.45) is 11.7 Å². The molecule has 1 atom stereocenters. The molecule has 1 aromatic heterocycles. The number of nitrogens with zero attached hydrogens (tertiary/aromatic N) is 3. The number of halogens is 1. The summed E-state index contributed by atoms with van der Waals surface area (Å²) in [7, 11) is 0. The normalized spacial score (nSPS) is 16.5. The number of hydrogen-bond acceptors (Lipinski definition) is 5. The van der Waals surface area contributed by atoms with Crippen LogP contribution in [0, 0.1) is 12.8 Å². The zero-order valence-electron chi connectivity index (χ0n) is 13.9. The second-order valence-electron chi connectivity index (χ2n) is 6.18. The predicted molar refractivity (Wildman–Crippen MR) is 94.0 cm³/mol. The van der Waals surface area contributed by atoms with Crippen molar-refractivity contribution in [2.45, 2.75) is 32.7 Å². The van der Waals surface area contributed by atoms with Gasteiger partial charge in [0, 0.05) is 19.1 Å². The number of piperidine rings is 1. The van der Waals surface area contributed by atoms with Gasteiger partial charge in [-0.25, -0.2) is 0 Å². The van der Waals surface area contributed by atoms with Crippen molar-refractivity contribution in [1.82, 2.24) is 15.0 Å². The van der Waals surface area contributed by atoms with Gasteiger partial charge in [-0.2, -0.15) is 4.98 Å². The Labute approximate surface area is 147 Å². The molecule has 1 saturated heterocycles. The zero-order valence-corrected chi connectivity index (χ0v) is 14.8. The van der Waals surface area contributed by atoms with Crippen LogP contribution in [0.25, 0.3) is 11.5 Å². The van der Waals surface area contributed by atoms with E-state index in [0.29, 0.717) is 28.8 Å². The topological polar surface area (TPSA) is 85.2 Å². The summed E-state index contributed by atoms with van der Waals surface area (Å²) in [5, 5.41) is 3.81. The SMILES string of the molecule is Cc1noc(-c2ccccc2C(=O)N2CCC(C(C)N)CC2)n1.Cl. The first-order chi connectivity index (χ1) is 11.1. The molecule has 0 spiro atoms. The van der Waals surface area contributed by atoms with E-state index in [1.54, 1.807) is 6.92 Å². The van der Waals surface area contributed by atoms with E-state index in [1.807, 2.05) is 36.1 Å². The van der Waals surface area contributed by atoms with Gasteiger partial charge >= 0.3 is 0 Å². The molecule has 0 aliphatic carbocycles. The lowest BCUT2D eigenvalue weighted by Crippen LogP contribution is -2.42. The lowest BCUT2D eigenvalue weighted by molar-refractivity contribution is 0.0681. The number of rotatable bonds is 3. The number of carbonyl (C=O) groups is 1. The monoisotopic (exact) mass is 350 g/mol. The average molecular weight is 351 g/mol. The Bertz CT molecular complexity index is 693. The maximum Gasteiger partial charge on any atom is 0.258 e. The summed E-state index contributed by atoms with van der Waals surface area (Å²) in [5.74, 6) is 1.45. The standard InChI is InChI=1S/C17H22N4O2.ClH/c1-11(18)13-7-9-21(10-8-13)17(22)15-6-4-3-5-14(15)16-19-12(2)20-23-16;/h3-6,11,13H,7-10,18H2,1-2H3;1H. The third-order valence-corrected chi connectivity index (χ3v) is 4.49. The van der Waals surface area contributed by atoms with E-state index in [-0.39, 0.29) is 24.4 Å². The molecule has 2 heterocycles. The molecule has 6 nitrogen and oxygen atoms in total. The number of aryl methyl sites for hydroxylation is 1. The second kappa shape index (κ2) is 7.77. The van der Waals surface area contributed by atoms with Crippen molar-refractivity contribution in [2.75, 3.05) is 13.1 Å². The van der Waals surface area contributed by atoms with Crippen molar-refractivity contribution in [3.8, 4) is 11.5 Å². The van der Waals surface area contributed by atoms with Crippen LogP contribution < -0.4 is 5.73 Å². The largest absolute Gasteiger partial charge is 0.339 e. The highest BCUT2D eigenvalue weighted by atomic mass is 35.5. The minimum Gasteiger partial charge on any atom is -0.339 e. The molecule has 130 valence electrons. The highest BCUT2D eigenvalue weighted by molar-refractivity contribution is 6.00. The Morgan fingerprint density at radius 1 is 1.33 bits per heavy atom. The van der Waals surface area contributed by atoms with Crippen LogP contribution in [-0.4, -0.2) is 40.1 Å². The first-order valence-electron chi connectivity index (χ1n) is 8.01. The summed E-state index contributed by atoms with van der Waals surface area (Å²) < 4.78 is 5.23. The Hall–Kier alpha value is -1.92. The molecule has 1 aliphatic rings. The number of nitrogens with two attached hydrogens (primary N) is 1. The molecule has 1 unspecified atom stereocenters. The number of aromatic nitrogens is 2. The highest BCUT2D eigenvalue weighted by Gasteiger charge is 2.27. The third kappa shape index (κ3) is 3.76. The van der Waals surface area contributed by atoms with Gasteiger partial charge in [0.25, 0.3) is 11.8 Å². The molecule has 7 heteroatoms. The van der Waals surface area contributed by atoms with Crippen LogP contribution in [0.4, 0.5) is 0 Å². The van der Waals surface area contributed by atoms with Gasteiger partial charge in [0.05, 0.1) is 11.1 Å². The maximum atomic E-state index is 12.9. The van der Waals surface area contributed by atoms with Crippen molar-refractivity contribution >= 4 is 18.3 Å². The molecule has 24 heavy (non-hydrogen) atoms. The van der Waals surface area contributed by atoms with E-state index in [1.165, 1.54) is 0 Å². The molecule has 1 amide bonds. The second-order valence-corrected chi connectivity index (χ2v) is 6.18. The lowest BCUT2D eigenvalue weighted by atomic mass is 9.90. The maximum absolute atomic E-state index is 12.9. The van der Waals surface area contributed by atoms with Gasteiger partial charge < -0.3 is 15.2 Å². The summed E-state index contributed by atoms with van der Waals surface area (Å²) in [6.45, 7) is 5.27. The van der Waals surface area contributed by atoms with Gasteiger partial charge in [0.2, 0.25) is 0 Å². The predicted octanol–water partition coefficient (Wildman–Crippen LogP) is 2.67. The molecule has 0 radical (unpaired) electrons. The Kier molecular flexibility index (Phi) is 5.96. The van der Waals surface area contributed by atoms with Gasteiger partial charge in [0.1, 0.15) is 0 Å². The summed E-state index contributed by atoms with van der Waals surface area (Å²) in [5.41, 5.74) is 7.27. The van der Waals surface area contributed by atoms with E-state index in [9.17, 15) is 4.79 Å². The van der Waals surface area contributed by atoms with Crippen LogP contribution in [0.2, 0.25) is 0 Å². The molecule has 1 fully saturated rings. The molecule has 3 rings (SSSR count). The number of carbonyl (C=O) groups excluding carboxylic acids is 1. The van der Waals surface area contributed by atoms with Crippen molar-refractivity contribution in [3.63, 3.8) is 0 Å². The molecule has 1 aromatic carbocycles. The first-order valence-corrected chi connectivity index (χ1v) is 8.01. The van der Waals surface area contributed by atoms with Crippen LogP contribution in [-0.2, 0) is 0 Å². The van der Waals surface area contributed by atoms with E-state index in [4.69, 9.17) is 10.3 Å². The number of likely N-dealkylation sites (tertiary alicyclic amines) is 1. The molecular weight excluding hydrogens is 328 g/mol. The smallest absolute Gasteiger partial charge is 0.258 e. The molecule has 2 N–H and O–H groups in total. The Balaban J connectivity index is 0.00000208. The first kappa shape index (κ1) is 18.4. The Morgan fingerprint density at radius 3 is 2.58 bits per heavy atom. The van der Waals surface area contributed by atoms with Crippen LogP contribution in [0.1, 0.15) is 35.9 Å². The molecule has 0 bridgehead atoms. The fourth-order valence-electron chi connectivity index (χ4n) is 3.06. The van der Waals surface area contributed by atoms with Gasteiger partial charge in [-0.05, 0) is 44.7 Å². The van der Waals surface area contributed by atoms with Crippen LogP contribution >= 0.6 is 12.4 Å². The van der Waals surface area contributed by atoms with Crippen molar-refractivity contribution in [3.05, 3.63) is 35.7 Å². The lowest BCUT2D eigenvalue weighted by Gasteiger charge is -2.34. The van der Waals surface area contributed by atoms with Crippen molar-refractivity contribution < 1.29 is 9.32 Å². The van der Waals surface area contributed by atoms with Crippen LogP contribution in [0.15, 0.2) is 28.8 Å². The number of hydrogen-bond donors (Lipinski definition) is 1. The molecule has 2 aromatic rings. The molecule has 0 saturated carbocycles. The highest BCUT2D eigenvalue weighted by Crippen LogP contribution is 2.26. The quantitative estimate of drug-likeness (QED) is 0.919. The average Bonchev–Trinajstić information content (AvgIpc) is 3.00. The van der Waals surface area contributed by atoms with E-state index >= 15 is 0 Å². The Morgan fingerprint density at radius 2 is 2.00 bits per heavy atom. The zero-order chi connectivity index (χ0) is 16.4. The minimum absolute atomic E-state index is 0. The van der Waals surface area contributed by atoms with E-state index < -0.39 is 0 Å². The minimum atomic E-state index is 0. The van der Waals surface area contributed by atoms with Crippen molar-refractivity contribution in [1.29, 1.82) is 0 Å². The van der Waals surface area contributed by atoms with Crippen LogP contribution in [0.5, 0.6) is 0 Å². The van der Waals surface area contributed by atoms with E-state index in [2.05, 4.69) is 10.1 Å². The summed E-state index contributed by atoms with van der Waals surface area (Å²) in [6.07, 6.45) is 1.90. The van der Waals surface area contributed by atoms with Gasteiger partial charge in [-0.3, -0.25) is 4.79 Å². The number of amides is 1. The van der Waals surface area contributed by atoms with Crippen LogP contribution in [0.3, 0.4) is 0 Å². The molecule has 1 aliphatic heterocycles. The van der Waals surface area contributed by atoms with Gasteiger partial charge in [0.15, 0.2) is 5.82 Å². The number of benzene rings is 1. The summed E-state index contributed by atoms with van der Waals surface area (Å²) in [4.78, 5) is 19.0. The summed E-state index contributed by atoms with van der Waals surface area (Å²) >= 11 is 0. The van der Waals surface area contributed by atoms with Gasteiger partial charge in [-0.1, -0.05) is 17.3 Å².